The number of rotatable bonds is 3. The zero-order valence-electron chi connectivity index (χ0n) is 10.8. The van der Waals surface area contributed by atoms with Crippen molar-refractivity contribution in [2.75, 3.05) is 7.05 Å². The van der Waals surface area contributed by atoms with Crippen LogP contribution in [0.15, 0.2) is 42.5 Å². The van der Waals surface area contributed by atoms with Gasteiger partial charge >= 0.3 is 0 Å². The average Bonchev–Trinajstić information content (AvgIpc) is 2.38. The molecule has 2 heteroatoms. The minimum atomic E-state index is 0.404. The molecule has 0 amide bonds. The van der Waals surface area contributed by atoms with Gasteiger partial charge in [0.05, 0.1) is 0 Å². The Balaban J connectivity index is 2.01. The van der Waals surface area contributed by atoms with Crippen molar-refractivity contribution in [3.63, 3.8) is 0 Å². The molecule has 2 aromatic rings. The first-order chi connectivity index (χ1) is 8.79. The van der Waals surface area contributed by atoms with E-state index in [1.807, 2.05) is 0 Å². The highest BCUT2D eigenvalue weighted by Gasteiger charge is 2.33. The van der Waals surface area contributed by atoms with Crippen LogP contribution >= 0.6 is 0 Å². The maximum absolute atomic E-state index is 5.92. The molecule has 0 aromatic heterocycles. The van der Waals surface area contributed by atoms with Gasteiger partial charge in [-0.25, -0.2) is 0 Å². The first kappa shape index (κ1) is 11.7. The van der Waals surface area contributed by atoms with Crippen LogP contribution in [0, 0.1) is 5.92 Å². The molecule has 1 aliphatic rings. The first-order valence-corrected chi connectivity index (χ1v) is 6.70. The van der Waals surface area contributed by atoms with Crippen molar-refractivity contribution < 1.29 is 0 Å². The van der Waals surface area contributed by atoms with E-state index in [0.29, 0.717) is 18.0 Å². The van der Waals surface area contributed by atoms with Crippen molar-refractivity contribution in [1.29, 1.82) is 0 Å². The largest absolute Gasteiger partial charge is 0.328 e. The van der Waals surface area contributed by atoms with Gasteiger partial charge in [-0.15, -0.1) is 0 Å². The van der Waals surface area contributed by atoms with Gasteiger partial charge in [0.15, 0.2) is 0 Å². The van der Waals surface area contributed by atoms with Gasteiger partial charge in [-0.1, -0.05) is 42.5 Å². The van der Waals surface area contributed by atoms with E-state index in [-0.39, 0.29) is 0 Å². The highest BCUT2D eigenvalue weighted by molar-refractivity contribution is 5.86. The van der Waals surface area contributed by atoms with Crippen molar-refractivity contribution in [2.45, 2.75) is 24.9 Å². The summed E-state index contributed by atoms with van der Waals surface area (Å²) in [6.07, 6.45) is 2.27. The van der Waals surface area contributed by atoms with E-state index < -0.39 is 0 Å². The van der Waals surface area contributed by atoms with E-state index in [0.717, 1.165) is 12.8 Å². The second-order valence-corrected chi connectivity index (χ2v) is 5.33. The quantitative estimate of drug-likeness (QED) is 0.865. The molecule has 0 radical (unpaired) electrons. The summed E-state index contributed by atoms with van der Waals surface area (Å²) < 4.78 is 0. The smallest absolute Gasteiger partial charge is 0.0353 e. The van der Waals surface area contributed by atoms with Crippen molar-refractivity contribution in [1.82, 2.24) is 5.32 Å². The van der Waals surface area contributed by atoms with Gasteiger partial charge in [-0.2, -0.15) is 0 Å². The molecule has 3 rings (SSSR count). The van der Waals surface area contributed by atoms with Gasteiger partial charge < -0.3 is 11.1 Å². The molecule has 1 fully saturated rings. The standard InChI is InChI=1S/C16H20N2/c1-18-16(12-9-13(17)10-12)15-8-4-6-11-5-2-3-7-14(11)15/h2-8,12-13,16,18H,9-10,17H2,1H3. The lowest BCUT2D eigenvalue weighted by Gasteiger charge is -2.39. The number of hydrogen-bond donors (Lipinski definition) is 2. The number of nitrogens with two attached hydrogens (primary N) is 1. The Labute approximate surface area is 108 Å². The molecular formula is C16H20N2. The first-order valence-electron chi connectivity index (χ1n) is 6.70. The van der Waals surface area contributed by atoms with Crippen molar-refractivity contribution in [3.05, 3.63) is 48.0 Å². The average molecular weight is 240 g/mol. The summed E-state index contributed by atoms with van der Waals surface area (Å²) in [6.45, 7) is 0. The van der Waals surface area contributed by atoms with Crippen LogP contribution in [0.25, 0.3) is 10.8 Å². The molecule has 0 bridgehead atoms. The molecule has 2 nitrogen and oxygen atoms in total. The second-order valence-electron chi connectivity index (χ2n) is 5.33. The third-order valence-electron chi connectivity index (χ3n) is 4.15. The number of nitrogens with one attached hydrogen (secondary N) is 1. The summed E-state index contributed by atoms with van der Waals surface area (Å²) in [6, 6.07) is 16.0. The highest BCUT2D eigenvalue weighted by Crippen LogP contribution is 2.39. The Morgan fingerprint density at radius 3 is 2.56 bits per heavy atom. The van der Waals surface area contributed by atoms with Crippen LogP contribution in [0.4, 0.5) is 0 Å². The fourth-order valence-corrected chi connectivity index (χ4v) is 3.15. The fraction of sp³-hybridized carbons (Fsp3) is 0.375. The monoisotopic (exact) mass is 240 g/mol. The lowest BCUT2D eigenvalue weighted by molar-refractivity contribution is 0.205. The Morgan fingerprint density at radius 2 is 1.83 bits per heavy atom. The molecular weight excluding hydrogens is 220 g/mol. The van der Waals surface area contributed by atoms with Crippen molar-refractivity contribution in [2.24, 2.45) is 11.7 Å². The molecule has 1 saturated carbocycles. The summed E-state index contributed by atoms with van der Waals surface area (Å²) in [5.74, 6) is 0.677. The molecule has 0 heterocycles. The Morgan fingerprint density at radius 1 is 1.11 bits per heavy atom. The lowest BCUT2D eigenvalue weighted by Crippen LogP contribution is -2.42. The van der Waals surface area contributed by atoms with E-state index in [9.17, 15) is 0 Å². The molecule has 1 atom stereocenters. The molecule has 0 spiro atoms. The molecule has 1 unspecified atom stereocenters. The summed E-state index contributed by atoms with van der Waals surface area (Å²) in [4.78, 5) is 0. The van der Waals surface area contributed by atoms with E-state index in [4.69, 9.17) is 5.73 Å². The van der Waals surface area contributed by atoms with E-state index in [2.05, 4.69) is 54.8 Å². The second kappa shape index (κ2) is 4.71. The Hall–Kier alpha value is -1.38. The Bertz CT molecular complexity index is 538. The van der Waals surface area contributed by atoms with Gasteiger partial charge in [-0.05, 0) is 42.1 Å². The molecule has 3 N–H and O–H groups in total. The SMILES string of the molecule is CNC(c1cccc2ccccc12)C1CC(N)C1. The molecule has 2 aromatic carbocycles. The zero-order valence-corrected chi connectivity index (χ0v) is 10.8. The topological polar surface area (TPSA) is 38.0 Å². The van der Waals surface area contributed by atoms with Crippen LogP contribution in [-0.4, -0.2) is 13.1 Å². The van der Waals surface area contributed by atoms with E-state index >= 15 is 0 Å². The maximum Gasteiger partial charge on any atom is 0.0353 e. The minimum absolute atomic E-state index is 0.404. The van der Waals surface area contributed by atoms with Crippen molar-refractivity contribution >= 4 is 10.8 Å². The number of benzene rings is 2. The van der Waals surface area contributed by atoms with Crippen LogP contribution in [-0.2, 0) is 0 Å². The highest BCUT2D eigenvalue weighted by atomic mass is 14.9. The van der Waals surface area contributed by atoms with Crippen LogP contribution < -0.4 is 11.1 Å². The predicted octanol–water partition coefficient (Wildman–Crippen LogP) is 2.84. The predicted molar refractivity (Wildman–Crippen MR) is 76.4 cm³/mol. The fourth-order valence-electron chi connectivity index (χ4n) is 3.15. The van der Waals surface area contributed by atoms with Crippen LogP contribution in [0.5, 0.6) is 0 Å². The van der Waals surface area contributed by atoms with Gasteiger partial charge in [0.1, 0.15) is 0 Å². The van der Waals surface area contributed by atoms with Gasteiger partial charge in [0.25, 0.3) is 0 Å². The van der Waals surface area contributed by atoms with Gasteiger partial charge in [0, 0.05) is 12.1 Å². The third-order valence-corrected chi connectivity index (χ3v) is 4.15. The summed E-state index contributed by atoms with van der Waals surface area (Å²) in [7, 11) is 2.05. The van der Waals surface area contributed by atoms with Crippen LogP contribution in [0.3, 0.4) is 0 Å². The van der Waals surface area contributed by atoms with E-state index in [1.165, 1.54) is 16.3 Å². The summed E-state index contributed by atoms with van der Waals surface area (Å²) in [5, 5.41) is 6.16. The molecule has 18 heavy (non-hydrogen) atoms. The lowest BCUT2D eigenvalue weighted by atomic mass is 9.73. The van der Waals surface area contributed by atoms with E-state index in [1.54, 1.807) is 0 Å². The molecule has 0 saturated heterocycles. The number of hydrogen-bond acceptors (Lipinski definition) is 2. The molecule has 0 aliphatic heterocycles. The third kappa shape index (κ3) is 1.92. The van der Waals surface area contributed by atoms with Gasteiger partial charge in [-0.3, -0.25) is 0 Å². The summed E-state index contributed by atoms with van der Waals surface area (Å²) in [5.41, 5.74) is 7.33. The molecule has 1 aliphatic carbocycles. The molecule has 94 valence electrons. The summed E-state index contributed by atoms with van der Waals surface area (Å²) >= 11 is 0. The zero-order chi connectivity index (χ0) is 12.5. The normalized spacial score (nSPS) is 24.8. The van der Waals surface area contributed by atoms with Crippen molar-refractivity contribution in [3.8, 4) is 0 Å². The minimum Gasteiger partial charge on any atom is -0.328 e. The van der Waals surface area contributed by atoms with Crippen LogP contribution in [0.2, 0.25) is 0 Å². The maximum atomic E-state index is 5.92. The van der Waals surface area contributed by atoms with Crippen LogP contribution in [0.1, 0.15) is 24.4 Å². The number of fused-ring (bicyclic) bond motifs is 1. The van der Waals surface area contributed by atoms with Gasteiger partial charge in [0.2, 0.25) is 0 Å². The Kier molecular flexibility index (Phi) is 3.06.